The second kappa shape index (κ2) is 7.96. The van der Waals surface area contributed by atoms with Crippen molar-refractivity contribution in [2.75, 3.05) is 4.90 Å². The number of aromatic nitrogens is 2. The molecule has 1 fully saturated rings. The van der Waals surface area contributed by atoms with Crippen LogP contribution in [0.5, 0.6) is 0 Å². The predicted octanol–water partition coefficient (Wildman–Crippen LogP) is 4.23. The van der Waals surface area contributed by atoms with Gasteiger partial charge in [0.15, 0.2) is 0 Å². The highest BCUT2D eigenvalue weighted by atomic mass is 79.9. The van der Waals surface area contributed by atoms with E-state index in [-0.39, 0.29) is 5.57 Å². The van der Waals surface area contributed by atoms with Gasteiger partial charge in [0, 0.05) is 22.1 Å². The number of barbiturate groups is 1. The van der Waals surface area contributed by atoms with Crippen LogP contribution in [0.25, 0.3) is 11.9 Å². The molecular formula is C23H19BrN4O3. The van der Waals surface area contributed by atoms with Crippen LogP contribution in [-0.2, 0) is 9.59 Å². The fourth-order valence-corrected chi connectivity index (χ4v) is 3.78. The van der Waals surface area contributed by atoms with Gasteiger partial charge in [-0.05, 0) is 74.4 Å². The molecular weight excluding hydrogens is 460 g/mol. The first-order chi connectivity index (χ1) is 14.8. The van der Waals surface area contributed by atoms with Gasteiger partial charge < -0.3 is 4.57 Å². The Kier molecular flexibility index (Phi) is 5.32. The summed E-state index contributed by atoms with van der Waals surface area (Å²) in [5.74, 6) is -0.646. The number of pyridine rings is 1. The summed E-state index contributed by atoms with van der Waals surface area (Å²) in [6.07, 6.45) is 3.30. The first-order valence-corrected chi connectivity index (χ1v) is 10.3. The summed E-state index contributed by atoms with van der Waals surface area (Å²) < 4.78 is 2.76. The summed E-state index contributed by atoms with van der Waals surface area (Å²) in [6.45, 7) is 5.79. The fraction of sp³-hybridized carbons (Fsp3) is 0.130. The third-order valence-electron chi connectivity index (χ3n) is 5.08. The molecule has 0 aliphatic carbocycles. The van der Waals surface area contributed by atoms with E-state index >= 15 is 0 Å². The van der Waals surface area contributed by atoms with Gasteiger partial charge in [-0.25, -0.2) is 14.7 Å². The molecule has 0 bridgehead atoms. The Morgan fingerprint density at radius 1 is 1.00 bits per heavy atom. The summed E-state index contributed by atoms with van der Waals surface area (Å²) in [7, 11) is 0. The molecule has 0 saturated carbocycles. The number of urea groups is 1. The Labute approximate surface area is 187 Å². The van der Waals surface area contributed by atoms with Crippen molar-refractivity contribution in [3.63, 3.8) is 0 Å². The molecule has 4 rings (SSSR count). The van der Waals surface area contributed by atoms with Gasteiger partial charge in [-0.15, -0.1) is 0 Å². The molecule has 7 nitrogen and oxygen atoms in total. The van der Waals surface area contributed by atoms with Gasteiger partial charge in [0.05, 0.1) is 5.69 Å². The van der Waals surface area contributed by atoms with E-state index < -0.39 is 17.8 Å². The summed E-state index contributed by atoms with van der Waals surface area (Å²) in [5.41, 5.74) is 3.75. The Bertz CT molecular complexity index is 1240. The van der Waals surface area contributed by atoms with E-state index in [1.54, 1.807) is 30.5 Å². The van der Waals surface area contributed by atoms with Gasteiger partial charge in [0.2, 0.25) is 0 Å². The Hall–Kier alpha value is -3.52. The van der Waals surface area contributed by atoms with Gasteiger partial charge in [-0.1, -0.05) is 22.0 Å². The molecule has 0 atom stereocenters. The van der Waals surface area contributed by atoms with Gasteiger partial charge in [-0.2, -0.15) is 0 Å². The SMILES string of the molecule is Cc1ccc(-n2c(C)cc(/C=C3\C(=O)NC(=O)N(c4ccc(Br)cc4)C3=O)c2C)nc1. The Balaban J connectivity index is 1.75. The van der Waals surface area contributed by atoms with Crippen molar-refractivity contribution < 1.29 is 14.4 Å². The number of hydrogen-bond donors (Lipinski definition) is 1. The van der Waals surface area contributed by atoms with E-state index in [9.17, 15) is 14.4 Å². The Morgan fingerprint density at radius 2 is 1.71 bits per heavy atom. The molecule has 1 N–H and O–H groups in total. The number of imide groups is 2. The van der Waals surface area contributed by atoms with Gasteiger partial charge in [-0.3, -0.25) is 14.9 Å². The highest BCUT2D eigenvalue weighted by Crippen LogP contribution is 2.26. The zero-order valence-corrected chi connectivity index (χ0v) is 18.7. The summed E-state index contributed by atoms with van der Waals surface area (Å²) in [6, 6.07) is 11.7. The quantitative estimate of drug-likeness (QED) is 0.450. The first kappa shape index (κ1) is 20.7. The molecule has 0 radical (unpaired) electrons. The molecule has 31 heavy (non-hydrogen) atoms. The smallest absolute Gasteiger partial charge is 0.303 e. The zero-order chi connectivity index (χ0) is 22.3. The largest absolute Gasteiger partial charge is 0.335 e. The minimum atomic E-state index is -0.774. The number of carbonyl (C=O) groups excluding carboxylic acids is 3. The van der Waals surface area contributed by atoms with E-state index in [1.165, 1.54) is 6.08 Å². The van der Waals surface area contributed by atoms with Crippen LogP contribution in [0.4, 0.5) is 10.5 Å². The van der Waals surface area contributed by atoms with Crippen LogP contribution in [0.1, 0.15) is 22.5 Å². The summed E-state index contributed by atoms with van der Waals surface area (Å²) in [5, 5.41) is 2.25. The average Bonchev–Trinajstić information content (AvgIpc) is 3.00. The second-order valence-electron chi connectivity index (χ2n) is 7.29. The van der Waals surface area contributed by atoms with Crippen molar-refractivity contribution in [1.82, 2.24) is 14.9 Å². The second-order valence-corrected chi connectivity index (χ2v) is 8.21. The topological polar surface area (TPSA) is 84.3 Å². The minimum Gasteiger partial charge on any atom is -0.303 e. The molecule has 2 aromatic heterocycles. The van der Waals surface area contributed by atoms with Crippen molar-refractivity contribution in [3.8, 4) is 5.82 Å². The van der Waals surface area contributed by atoms with E-state index in [1.807, 2.05) is 43.5 Å². The van der Waals surface area contributed by atoms with Crippen molar-refractivity contribution in [1.29, 1.82) is 0 Å². The molecule has 3 aromatic rings. The number of aryl methyl sites for hydroxylation is 2. The lowest BCUT2D eigenvalue weighted by Crippen LogP contribution is -2.54. The average molecular weight is 479 g/mol. The van der Waals surface area contributed by atoms with Crippen LogP contribution >= 0.6 is 15.9 Å². The van der Waals surface area contributed by atoms with E-state index in [4.69, 9.17) is 0 Å². The Morgan fingerprint density at radius 3 is 2.35 bits per heavy atom. The molecule has 4 amide bonds. The molecule has 8 heteroatoms. The summed E-state index contributed by atoms with van der Waals surface area (Å²) >= 11 is 3.33. The number of hydrogen-bond acceptors (Lipinski definition) is 4. The molecule has 1 saturated heterocycles. The normalized spacial score (nSPS) is 15.5. The van der Waals surface area contributed by atoms with E-state index in [2.05, 4.69) is 26.2 Å². The van der Waals surface area contributed by atoms with Crippen LogP contribution < -0.4 is 10.2 Å². The number of benzene rings is 1. The molecule has 1 aliphatic rings. The van der Waals surface area contributed by atoms with Crippen LogP contribution in [0.3, 0.4) is 0 Å². The molecule has 1 aromatic carbocycles. The lowest BCUT2D eigenvalue weighted by Gasteiger charge is -2.26. The number of amides is 4. The molecule has 0 unspecified atom stereocenters. The van der Waals surface area contributed by atoms with E-state index in [0.717, 1.165) is 32.1 Å². The molecule has 0 spiro atoms. The highest BCUT2D eigenvalue weighted by molar-refractivity contribution is 9.10. The van der Waals surface area contributed by atoms with Crippen molar-refractivity contribution in [2.45, 2.75) is 20.8 Å². The van der Waals surface area contributed by atoms with E-state index in [0.29, 0.717) is 11.3 Å². The molecule has 3 heterocycles. The number of carbonyl (C=O) groups is 3. The van der Waals surface area contributed by atoms with Crippen molar-refractivity contribution in [3.05, 3.63) is 81.2 Å². The van der Waals surface area contributed by atoms with Crippen LogP contribution in [-0.4, -0.2) is 27.4 Å². The predicted molar refractivity (Wildman–Crippen MR) is 121 cm³/mol. The fourth-order valence-electron chi connectivity index (χ4n) is 3.52. The number of rotatable bonds is 3. The number of nitrogens with zero attached hydrogens (tertiary/aromatic N) is 3. The molecule has 156 valence electrons. The van der Waals surface area contributed by atoms with Crippen LogP contribution in [0.2, 0.25) is 0 Å². The monoisotopic (exact) mass is 478 g/mol. The highest BCUT2D eigenvalue weighted by Gasteiger charge is 2.37. The third-order valence-corrected chi connectivity index (χ3v) is 5.61. The van der Waals surface area contributed by atoms with Crippen molar-refractivity contribution >= 4 is 45.5 Å². The first-order valence-electron chi connectivity index (χ1n) is 9.55. The lowest BCUT2D eigenvalue weighted by atomic mass is 10.1. The van der Waals surface area contributed by atoms with Crippen LogP contribution in [0.15, 0.2) is 58.7 Å². The van der Waals surface area contributed by atoms with Gasteiger partial charge in [0.25, 0.3) is 11.8 Å². The maximum Gasteiger partial charge on any atom is 0.335 e. The number of anilines is 1. The lowest BCUT2D eigenvalue weighted by molar-refractivity contribution is -0.122. The maximum atomic E-state index is 13.1. The van der Waals surface area contributed by atoms with Crippen molar-refractivity contribution in [2.24, 2.45) is 0 Å². The zero-order valence-electron chi connectivity index (χ0n) is 17.1. The third kappa shape index (κ3) is 3.82. The van der Waals surface area contributed by atoms with Gasteiger partial charge >= 0.3 is 6.03 Å². The van der Waals surface area contributed by atoms with Crippen LogP contribution in [0, 0.1) is 20.8 Å². The standard InChI is InChI=1S/C23H19BrN4O3/c1-13-4-9-20(25-12-13)27-14(2)10-16(15(27)3)11-19-21(29)26-23(31)28(22(19)30)18-7-5-17(24)6-8-18/h4-12H,1-3H3,(H,26,29,31)/b19-11+. The summed E-state index contributed by atoms with van der Waals surface area (Å²) in [4.78, 5) is 43.4. The minimum absolute atomic E-state index is 0.111. The number of halogens is 1. The van der Waals surface area contributed by atoms with Gasteiger partial charge in [0.1, 0.15) is 11.4 Å². The maximum absolute atomic E-state index is 13.1. The molecule has 1 aliphatic heterocycles. The number of nitrogens with one attached hydrogen (secondary N) is 1.